The minimum atomic E-state index is -0.398. The van der Waals surface area contributed by atoms with Crippen molar-refractivity contribution in [3.63, 3.8) is 0 Å². The van der Waals surface area contributed by atoms with Crippen LogP contribution in [0.5, 0.6) is 17.6 Å². The molecule has 0 aliphatic carbocycles. The molecule has 3 aliphatic rings. The molecule has 0 spiro atoms. The smallest absolute Gasteiger partial charge is 0.322 e. The highest BCUT2D eigenvalue weighted by Gasteiger charge is 2.39. The molecule has 2 aromatic heterocycles. The fourth-order valence-electron chi connectivity index (χ4n) is 6.09. The largest absolute Gasteiger partial charge is 0.478 e. The number of aromatic nitrogens is 4. The molecule has 4 atom stereocenters. The SMILES string of the molecule is C=CC(=O)N1CCN(c2nc(OCC3CCCN3C)nc3c2O[C@H](C)C(c2c(C)ccc4[nH]ncc24)O3)[C@@H](C)C1. The van der Waals surface area contributed by atoms with Gasteiger partial charge in [0.2, 0.25) is 11.7 Å². The first-order chi connectivity index (χ1) is 19.3. The number of benzene rings is 1. The van der Waals surface area contributed by atoms with Gasteiger partial charge in [-0.1, -0.05) is 12.6 Å². The Morgan fingerprint density at radius 2 is 2.08 bits per heavy atom. The zero-order valence-corrected chi connectivity index (χ0v) is 23.6. The van der Waals surface area contributed by atoms with Gasteiger partial charge in [-0.2, -0.15) is 15.1 Å². The Morgan fingerprint density at radius 1 is 1.23 bits per heavy atom. The van der Waals surface area contributed by atoms with Gasteiger partial charge in [0.05, 0.1) is 11.7 Å². The van der Waals surface area contributed by atoms with Gasteiger partial charge in [-0.3, -0.25) is 9.89 Å². The van der Waals surface area contributed by atoms with Crippen LogP contribution in [0.3, 0.4) is 0 Å². The average molecular weight is 548 g/mol. The molecule has 0 saturated carbocycles. The standard InChI is InChI=1S/C29H37N7O4/c1-6-23(37)35-12-13-36(18(3)15-35)27-26-28(32-29(31-27)38-16-20-8-7-11-34(20)5)40-25(19(4)39-26)24-17(2)9-10-22-21(24)14-30-33-22/h6,9-10,14,18-20,25H,1,7-8,11-13,15-16H2,2-5H3,(H,30,33)/t18-,19+,20?,25?/m0/s1. The third-order valence-electron chi connectivity index (χ3n) is 8.40. The molecule has 40 heavy (non-hydrogen) atoms. The number of nitrogens with one attached hydrogen (secondary N) is 1. The second-order valence-corrected chi connectivity index (χ2v) is 11.1. The summed E-state index contributed by atoms with van der Waals surface area (Å²) in [5.74, 6) is 1.42. The maximum atomic E-state index is 12.3. The summed E-state index contributed by atoms with van der Waals surface area (Å²) in [7, 11) is 2.12. The number of amides is 1. The molecule has 11 nitrogen and oxygen atoms in total. The highest BCUT2D eigenvalue weighted by atomic mass is 16.6. The van der Waals surface area contributed by atoms with Crippen molar-refractivity contribution in [1.82, 2.24) is 30.0 Å². The highest BCUT2D eigenvalue weighted by molar-refractivity contribution is 5.87. The number of anilines is 1. The first-order valence-electron chi connectivity index (χ1n) is 14.0. The molecule has 0 radical (unpaired) electrons. The van der Waals surface area contributed by atoms with Crippen molar-refractivity contribution in [3.05, 3.63) is 42.1 Å². The van der Waals surface area contributed by atoms with E-state index in [1.807, 2.05) is 19.2 Å². The van der Waals surface area contributed by atoms with E-state index in [-0.39, 0.29) is 24.1 Å². The third kappa shape index (κ3) is 4.72. The molecule has 11 heteroatoms. The van der Waals surface area contributed by atoms with Gasteiger partial charge in [-0.15, -0.1) is 0 Å². The number of H-pyrrole nitrogens is 1. The number of rotatable bonds is 6. The van der Waals surface area contributed by atoms with E-state index in [0.717, 1.165) is 41.4 Å². The van der Waals surface area contributed by atoms with E-state index in [2.05, 4.69) is 53.5 Å². The molecule has 3 aliphatic heterocycles. The minimum absolute atomic E-state index is 0.0102. The molecular weight excluding hydrogens is 510 g/mol. The first-order valence-corrected chi connectivity index (χ1v) is 14.0. The molecule has 1 amide bonds. The van der Waals surface area contributed by atoms with E-state index in [4.69, 9.17) is 24.2 Å². The Kier molecular flexibility index (Phi) is 6.99. The van der Waals surface area contributed by atoms with Crippen LogP contribution in [0, 0.1) is 6.92 Å². The fourth-order valence-corrected chi connectivity index (χ4v) is 6.09. The maximum absolute atomic E-state index is 12.3. The van der Waals surface area contributed by atoms with Crippen LogP contribution in [0.1, 0.15) is 43.9 Å². The summed E-state index contributed by atoms with van der Waals surface area (Å²) in [6.07, 6.45) is 4.71. The zero-order valence-electron chi connectivity index (χ0n) is 23.6. The van der Waals surface area contributed by atoms with Crippen molar-refractivity contribution in [1.29, 1.82) is 0 Å². The molecule has 1 aromatic carbocycles. The van der Waals surface area contributed by atoms with Crippen LogP contribution in [0.15, 0.2) is 31.0 Å². The van der Waals surface area contributed by atoms with Gasteiger partial charge in [-0.05, 0) is 64.9 Å². The Morgan fingerprint density at radius 3 is 2.83 bits per heavy atom. The number of aryl methyl sites for hydroxylation is 1. The van der Waals surface area contributed by atoms with E-state index < -0.39 is 6.10 Å². The number of carbonyl (C=O) groups is 1. The summed E-state index contributed by atoms with van der Waals surface area (Å²) >= 11 is 0. The van der Waals surface area contributed by atoms with Crippen molar-refractivity contribution in [3.8, 4) is 17.6 Å². The summed E-state index contributed by atoms with van der Waals surface area (Å²) in [4.78, 5) is 28.1. The van der Waals surface area contributed by atoms with Crippen LogP contribution < -0.4 is 19.1 Å². The minimum Gasteiger partial charge on any atom is -0.478 e. The van der Waals surface area contributed by atoms with Gasteiger partial charge in [0, 0.05) is 42.7 Å². The number of carbonyl (C=O) groups excluding carboxylic acids is 1. The van der Waals surface area contributed by atoms with Gasteiger partial charge in [0.15, 0.2) is 11.9 Å². The van der Waals surface area contributed by atoms with Gasteiger partial charge in [0.1, 0.15) is 12.7 Å². The Balaban J connectivity index is 1.36. The molecule has 2 fully saturated rings. The van der Waals surface area contributed by atoms with Crippen LogP contribution in [-0.4, -0.2) is 93.9 Å². The highest BCUT2D eigenvalue weighted by Crippen LogP contribution is 2.46. The van der Waals surface area contributed by atoms with Crippen LogP contribution in [0.4, 0.5) is 5.82 Å². The van der Waals surface area contributed by atoms with Gasteiger partial charge < -0.3 is 28.9 Å². The lowest BCUT2D eigenvalue weighted by atomic mass is 9.95. The second kappa shape index (κ2) is 10.6. The number of piperazine rings is 1. The molecule has 2 unspecified atom stereocenters. The normalized spacial score (nSPS) is 24.9. The van der Waals surface area contributed by atoms with Gasteiger partial charge in [-0.25, -0.2) is 0 Å². The van der Waals surface area contributed by atoms with Crippen molar-refractivity contribution in [2.75, 3.05) is 44.7 Å². The van der Waals surface area contributed by atoms with Crippen LogP contribution in [0.25, 0.3) is 10.9 Å². The number of likely N-dealkylation sites (N-methyl/N-ethyl adjacent to an activating group) is 1. The van der Waals surface area contributed by atoms with E-state index in [1.54, 1.807) is 4.90 Å². The topological polar surface area (TPSA) is 109 Å². The summed E-state index contributed by atoms with van der Waals surface area (Å²) in [5.41, 5.74) is 3.05. The maximum Gasteiger partial charge on any atom is 0.322 e. The number of hydrogen-bond acceptors (Lipinski definition) is 9. The predicted molar refractivity (Wildman–Crippen MR) is 151 cm³/mol. The number of aromatic amines is 1. The van der Waals surface area contributed by atoms with E-state index in [9.17, 15) is 4.79 Å². The van der Waals surface area contributed by atoms with Crippen LogP contribution >= 0.6 is 0 Å². The van der Waals surface area contributed by atoms with Crippen molar-refractivity contribution < 1.29 is 19.0 Å². The number of ether oxygens (including phenoxy) is 3. The summed E-state index contributed by atoms with van der Waals surface area (Å²) < 4.78 is 19.4. The molecule has 0 bridgehead atoms. The Bertz CT molecular complexity index is 1420. The molecule has 2 saturated heterocycles. The van der Waals surface area contributed by atoms with E-state index in [1.165, 1.54) is 6.08 Å². The van der Waals surface area contributed by atoms with Crippen LogP contribution in [-0.2, 0) is 4.79 Å². The summed E-state index contributed by atoms with van der Waals surface area (Å²) in [5, 5.41) is 8.29. The lowest BCUT2D eigenvalue weighted by molar-refractivity contribution is -0.126. The number of nitrogens with zero attached hydrogens (tertiary/aromatic N) is 6. The Labute approximate surface area is 234 Å². The zero-order chi connectivity index (χ0) is 28.0. The van der Waals surface area contributed by atoms with E-state index >= 15 is 0 Å². The first kappa shape index (κ1) is 26.4. The summed E-state index contributed by atoms with van der Waals surface area (Å²) in [6.45, 7) is 13.0. The van der Waals surface area contributed by atoms with Crippen molar-refractivity contribution in [2.45, 2.75) is 57.9 Å². The van der Waals surface area contributed by atoms with Gasteiger partial charge >= 0.3 is 6.01 Å². The number of hydrogen-bond donors (Lipinski definition) is 1. The third-order valence-corrected chi connectivity index (χ3v) is 8.40. The predicted octanol–water partition coefficient (Wildman–Crippen LogP) is 3.26. The molecular formula is C29H37N7O4. The molecule has 6 rings (SSSR count). The lowest BCUT2D eigenvalue weighted by Crippen LogP contribution is -2.54. The second-order valence-electron chi connectivity index (χ2n) is 11.1. The van der Waals surface area contributed by atoms with Crippen LogP contribution in [0.2, 0.25) is 0 Å². The van der Waals surface area contributed by atoms with Crippen molar-refractivity contribution >= 4 is 22.6 Å². The molecule has 5 heterocycles. The number of fused-ring (bicyclic) bond motifs is 2. The lowest BCUT2D eigenvalue weighted by Gasteiger charge is -2.42. The average Bonchev–Trinajstić information content (AvgIpc) is 3.59. The summed E-state index contributed by atoms with van der Waals surface area (Å²) in [6, 6.07) is 4.66. The quantitative estimate of drug-likeness (QED) is 0.465. The molecule has 212 valence electrons. The van der Waals surface area contributed by atoms with E-state index in [0.29, 0.717) is 49.7 Å². The molecule has 1 N–H and O–H groups in total. The van der Waals surface area contributed by atoms with Gasteiger partial charge in [0.25, 0.3) is 5.88 Å². The Hall–Kier alpha value is -3.86. The van der Waals surface area contributed by atoms with Crippen molar-refractivity contribution in [2.24, 2.45) is 0 Å². The fraction of sp³-hybridized carbons (Fsp3) is 0.517. The molecule has 3 aromatic rings. The number of likely N-dealkylation sites (tertiary alicyclic amines) is 1. The monoisotopic (exact) mass is 547 g/mol.